The Morgan fingerprint density at radius 1 is 1.32 bits per heavy atom. The van der Waals surface area contributed by atoms with Crippen molar-refractivity contribution in [3.8, 4) is 0 Å². The van der Waals surface area contributed by atoms with Crippen LogP contribution in [0.1, 0.15) is 28.8 Å². The second-order valence-corrected chi connectivity index (χ2v) is 5.85. The van der Waals surface area contributed by atoms with Crippen molar-refractivity contribution in [1.82, 2.24) is 4.90 Å². The molecule has 0 unspecified atom stereocenters. The Kier molecular flexibility index (Phi) is 3.94. The SMILES string of the molecule is NC(=O)c1ccc2c(c1)CC(=O)N2C1CCN(CC=O)CC1. The average molecular weight is 301 g/mol. The Morgan fingerprint density at radius 3 is 2.68 bits per heavy atom. The smallest absolute Gasteiger partial charge is 0.248 e. The summed E-state index contributed by atoms with van der Waals surface area (Å²) in [6, 6.07) is 5.37. The van der Waals surface area contributed by atoms with E-state index in [0.29, 0.717) is 18.5 Å². The van der Waals surface area contributed by atoms with Crippen LogP contribution in [0.5, 0.6) is 0 Å². The zero-order valence-electron chi connectivity index (χ0n) is 12.3. The quantitative estimate of drug-likeness (QED) is 0.813. The lowest BCUT2D eigenvalue weighted by Gasteiger charge is -2.36. The maximum Gasteiger partial charge on any atom is 0.248 e. The summed E-state index contributed by atoms with van der Waals surface area (Å²) in [6.07, 6.45) is 2.96. The number of nitrogens with two attached hydrogens (primary N) is 1. The molecule has 0 spiro atoms. The molecule has 0 bridgehead atoms. The van der Waals surface area contributed by atoms with Crippen molar-refractivity contribution in [1.29, 1.82) is 0 Å². The standard InChI is InChI=1S/C16H19N3O3/c17-16(22)11-1-2-14-12(9-11)10-15(21)19(14)13-3-5-18(6-4-13)7-8-20/h1-2,8-9,13H,3-7,10H2,(H2,17,22). The Hall–Kier alpha value is -2.21. The van der Waals surface area contributed by atoms with E-state index in [1.165, 1.54) is 0 Å². The van der Waals surface area contributed by atoms with Gasteiger partial charge in [0.05, 0.1) is 13.0 Å². The van der Waals surface area contributed by atoms with Crippen LogP contribution in [0.15, 0.2) is 18.2 Å². The lowest BCUT2D eigenvalue weighted by atomic mass is 10.0. The van der Waals surface area contributed by atoms with Crippen molar-refractivity contribution in [3.63, 3.8) is 0 Å². The minimum Gasteiger partial charge on any atom is -0.366 e. The Labute approximate surface area is 128 Å². The summed E-state index contributed by atoms with van der Waals surface area (Å²) in [5.41, 5.74) is 7.50. The van der Waals surface area contributed by atoms with E-state index in [9.17, 15) is 14.4 Å². The number of carbonyl (C=O) groups excluding carboxylic acids is 3. The fourth-order valence-corrected chi connectivity index (χ4v) is 3.36. The molecule has 0 radical (unpaired) electrons. The van der Waals surface area contributed by atoms with Crippen LogP contribution in [-0.2, 0) is 16.0 Å². The number of fused-ring (bicyclic) bond motifs is 1. The van der Waals surface area contributed by atoms with Crippen LogP contribution in [0, 0.1) is 0 Å². The number of likely N-dealkylation sites (tertiary alicyclic amines) is 1. The molecule has 1 aromatic rings. The lowest BCUT2D eigenvalue weighted by molar-refractivity contribution is -0.118. The molecule has 1 fully saturated rings. The first-order valence-electron chi connectivity index (χ1n) is 7.51. The van der Waals surface area contributed by atoms with E-state index in [0.717, 1.165) is 43.5 Å². The van der Waals surface area contributed by atoms with Gasteiger partial charge in [-0.1, -0.05) is 0 Å². The molecule has 6 heteroatoms. The molecule has 0 atom stereocenters. The second kappa shape index (κ2) is 5.88. The van der Waals surface area contributed by atoms with Gasteiger partial charge in [-0.05, 0) is 36.6 Å². The van der Waals surface area contributed by atoms with Crippen molar-refractivity contribution < 1.29 is 14.4 Å². The number of hydrogen-bond acceptors (Lipinski definition) is 4. The molecule has 0 saturated carbocycles. The Bertz CT molecular complexity index is 621. The van der Waals surface area contributed by atoms with Gasteiger partial charge in [0.15, 0.2) is 0 Å². The van der Waals surface area contributed by atoms with Crippen molar-refractivity contribution in [2.24, 2.45) is 5.73 Å². The van der Waals surface area contributed by atoms with Gasteiger partial charge in [0, 0.05) is 30.4 Å². The van der Waals surface area contributed by atoms with Crippen LogP contribution in [-0.4, -0.2) is 48.7 Å². The van der Waals surface area contributed by atoms with Crippen molar-refractivity contribution in [3.05, 3.63) is 29.3 Å². The first-order valence-corrected chi connectivity index (χ1v) is 7.51. The van der Waals surface area contributed by atoms with Gasteiger partial charge >= 0.3 is 0 Å². The molecule has 2 amide bonds. The molecule has 1 aromatic carbocycles. The molecule has 22 heavy (non-hydrogen) atoms. The summed E-state index contributed by atoms with van der Waals surface area (Å²) in [5.74, 6) is -0.402. The first-order chi connectivity index (χ1) is 10.6. The number of benzene rings is 1. The third kappa shape index (κ3) is 2.62. The average Bonchev–Trinajstić information content (AvgIpc) is 2.83. The summed E-state index contributed by atoms with van der Waals surface area (Å²) >= 11 is 0. The zero-order chi connectivity index (χ0) is 15.7. The molecule has 2 aliphatic rings. The number of piperidine rings is 1. The summed E-state index contributed by atoms with van der Waals surface area (Å²) in [6.45, 7) is 2.10. The monoisotopic (exact) mass is 301 g/mol. The van der Waals surface area contributed by atoms with Crippen LogP contribution in [0.4, 0.5) is 5.69 Å². The van der Waals surface area contributed by atoms with Gasteiger partial charge in [-0.25, -0.2) is 0 Å². The molecular weight excluding hydrogens is 282 g/mol. The second-order valence-electron chi connectivity index (χ2n) is 5.85. The van der Waals surface area contributed by atoms with Crippen LogP contribution in [0.25, 0.3) is 0 Å². The number of hydrogen-bond donors (Lipinski definition) is 1. The van der Waals surface area contributed by atoms with Gasteiger partial charge < -0.3 is 15.4 Å². The fourth-order valence-electron chi connectivity index (χ4n) is 3.36. The Morgan fingerprint density at radius 2 is 2.05 bits per heavy atom. The minimum absolute atomic E-state index is 0.0745. The van der Waals surface area contributed by atoms with E-state index in [2.05, 4.69) is 4.90 Å². The van der Waals surface area contributed by atoms with Crippen LogP contribution in [0.2, 0.25) is 0 Å². The van der Waals surface area contributed by atoms with Crippen LogP contribution >= 0.6 is 0 Å². The normalized spacial score (nSPS) is 19.3. The summed E-state index contributed by atoms with van der Waals surface area (Å²) in [7, 11) is 0. The molecular formula is C16H19N3O3. The highest BCUT2D eigenvalue weighted by atomic mass is 16.2. The zero-order valence-corrected chi connectivity index (χ0v) is 12.3. The molecule has 6 nitrogen and oxygen atoms in total. The number of primary amides is 1. The third-order valence-electron chi connectivity index (χ3n) is 4.49. The largest absolute Gasteiger partial charge is 0.366 e. The maximum atomic E-state index is 12.4. The molecule has 0 aliphatic carbocycles. The lowest BCUT2D eigenvalue weighted by Crippen LogP contribution is -2.46. The highest BCUT2D eigenvalue weighted by Crippen LogP contribution is 2.34. The molecule has 0 aromatic heterocycles. The predicted octanol–water partition coefficient (Wildman–Crippen LogP) is 0.338. The van der Waals surface area contributed by atoms with E-state index in [1.54, 1.807) is 12.1 Å². The fraction of sp³-hybridized carbons (Fsp3) is 0.438. The number of amides is 2. The summed E-state index contributed by atoms with van der Waals surface area (Å²) in [4.78, 5) is 38.1. The number of nitrogens with zero attached hydrogens (tertiary/aromatic N) is 2. The molecule has 1 saturated heterocycles. The molecule has 2 heterocycles. The van der Waals surface area contributed by atoms with E-state index in [4.69, 9.17) is 5.73 Å². The molecule has 116 valence electrons. The number of rotatable bonds is 4. The first kappa shape index (κ1) is 14.7. The maximum absolute atomic E-state index is 12.4. The van der Waals surface area contributed by atoms with Gasteiger partial charge in [-0.3, -0.25) is 14.5 Å². The number of carbonyl (C=O) groups is 3. The molecule has 2 N–H and O–H groups in total. The molecule has 3 rings (SSSR count). The highest BCUT2D eigenvalue weighted by Gasteiger charge is 2.34. The number of anilines is 1. The van der Waals surface area contributed by atoms with Gasteiger partial charge in [0.1, 0.15) is 6.29 Å². The highest BCUT2D eigenvalue weighted by molar-refractivity contribution is 6.03. The number of aldehydes is 1. The van der Waals surface area contributed by atoms with Crippen molar-refractivity contribution >= 4 is 23.8 Å². The van der Waals surface area contributed by atoms with Crippen molar-refractivity contribution in [2.75, 3.05) is 24.5 Å². The van der Waals surface area contributed by atoms with Crippen LogP contribution < -0.4 is 10.6 Å². The van der Waals surface area contributed by atoms with Gasteiger partial charge in [-0.2, -0.15) is 0 Å². The van der Waals surface area contributed by atoms with Crippen molar-refractivity contribution in [2.45, 2.75) is 25.3 Å². The van der Waals surface area contributed by atoms with Gasteiger partial charge in [0.25, 0.3) is 0 Å². The third-order valence-corrected chi connectivity index (χ3v) is 4.49. The van der Waals surface area contributed by atoms with E-state index >= 15 is 0 Å². The van der Waals surface area contributed by atoms with E-state index < -0.39 is 5.91 Å². The molecule has 2 aliphatic heterocycles. The predicted molar refractivity (Wildman–Crippen MR) is 81.7 cm³/mol. The van der Waals surface area contributed by atoms with E-state index in [1.807, 2.05) is 11.0 Å². The Balaban J connectivity index is 1.78. The summed E-state index contributed by atoms with van der Waals surface area (Å²) in [5, 5.41) is 0. The summed E-state index contributed by atoms with van der Waals surface area (Å²) < 4.78 is 0. The van der Waals surface area contributed by atoms with Gasteiger partial charge in [0.2, 0.25) is 11.8 Å². The minimum atomic E-state index is -0.476. The van der Waals surface area contributed by atoms with Crippen LogP contribution in [0.3, 0.4) is 0 Å². The topological polar surface area (TPSA) is 83.7 Å². The van der Waals surface area contributed by atoms with E-state index in [-0.39, 0.29) is 11.9 Å². The van der Waals surface area contributed by atoms with Gasteiger partial charge in [-0.15, -0.1) is 0 Å².